The fourth-order valence-corrected chi connectivity index (χ4v) is 1.20. The van der Waals surface area contributed by atoms with Crippen molar-refractivity contribution in [1.82, 2.24) is 15.1 Å². The van der Waals surface area contributed by atoms with E-state index in [4.69, 9.17) is 4.74 Å². The SMILES string of the molecule is CNC(=O)c1c(NC)[nH]n1CCOC. The number of carbonyl (C=O) groups is 1. The quantitative estimate of drug-likeness (QED) is 0.619. The number of aromatic amines is 1. The normalized spacial score (nSPS) is 10.2. The lowest BCUT2D eigenvalue weighted by molar-refractivity contribution is 0.0942. The molecular weight excluding hydrogens is 184 g/mol. The van der Waals surface area contributed by atoms with Crippen molar-refractivity contribution in [2.45, 2.75) is 6.54 Å². The van der Waals surface area contributed by atoms with Crippen molar-refractivity contribution in [2.24, 2.45) is 0 Å². The summed E-state index contributed by atoms with van der Waals surface area (Å²) in [4.78, 5) is 11.4. The van der Waals surface area contributed by atoms with Crippen LogP contribution in [0.25, 0.3) is 0 Å². The summed E-state index contributed by atoms with van der Waals surface area (Å²) in [5.74, 6) is 0.629. The first-order valence-corrected chi connectivity index (χ1v) is 4.41. The van der Waals surface area contributed by atoms with Gasteiger partial charge in [0.1, 0.15) is 5.82 Å². The number of carbonyl (C=O) groups excluding carboxylic acids is 1. The van der Waals surface area contributed by atoms with Crippen LogP contribution in [0.4, 0.5) is 5.82 Å². The molecule has 0 saturated heterocycles. The summed E-state index contributed by atoms with van der Waals surface area (Å²) < 4.78 is 6.67. The Bertz CT molecular complexity index is 302. The molecule has 80 valence electrons. The molecule has 1 amide bonds. The van der Waals surface area contributed by atoms with Gasteiger partial charge in [-0.15, -0.1) is 0 Å². The molecular formula is C8H16N4O2. The molecule has 0 aliphatic rings. The first kappa shape index (κ1) is 10.6. The number of amides is 1. The molecule has 0 fully saturated rings. The molecule has 0 saturated carbocycles. The minimum absolute atomic E-state index is 0.107. The maximum atomic E-state index is 11.4. The Labute approximate surface area is 82.6 Å². The molecule has 0 aliphatic carbocycles. The predicted molar refractivity (Wildman–Crippen MR) is 53.6 cm³/mol. The molecule has 6 heteroatoms. The highest BCUT2D eigenvalue weighted by Gasteiger charge is 2.18. The van der Waals surface area contributed by atoms with Crippen LogP contribution >= 0.6 is 0 Å². The van der Waals surface area contributed by atoms with E-state index >= 15 is 0 Å². The number of rotatable bonds is 5. The molecule has 0 atom stereocenters. The van der Waals surface area contributed by atoms with Crippen molar-refractivity contribution in [3.63, 3.8) is 0 Å². The number of nitrogens with zero attached hydrogens (tertiary/aromatic N) is 1. The number of aromatic nitrogens is 2. The minimum Gasteiger partial charge on any atom is -0.383 e. The van der Waals surface area contributed by atoms with Crippen LogP contribution in [-0.2, 0) is 11.3 Å². The fraction of sp³-hybridized carbons (Fsp3) is 0.625. The number of anilines is 1. The second kappa shape index (κ2) is 4.71. The first-order chi connectivity index (χ1) is 6.74. The van der Waals surface area contributed by atoms with Crippen LogP contribution < -0.4 is 10.6 Å². The minimum atomic E-state index is -0.107. The van der Waals surface area contributed by atoms with Gasteiger partial charge < -0.3 is 15.4 Å². The Morgan fingerprint density at radius 1 is 1.57 bits per heavy atom. The molecule has 14 heavy (non-hydrogen) atoms. The van der Waals surface area contributed by atoms with Crippen LogP contribution in [0, 0.1) is 0 Å². The van der Waals surface area contributed by atoms with E-state index in [9.17, 15) is 4.79 Å². The Kier molecular flexibility index (Phi) is 3.58. The van der Waals surface area contributed by atoms with E-state index < -0.39 is 0 Å². The van der Waals surface area contributed by atoms with E-state index in [2.05, 4.69) is 15.7 Å². The van der Waals surface area contributed by atoms with Crippen molar-refractivity contribution >= 4 is 11.7 Å². The van der Waals surface area contributed by atoms with Gasteiger partial charge in [0.05, 0.1) is 13.2 Å². The third-order valence-corrected chi connectivity index (χ3v) is 1.96. The largest absolute Gasteiger partial charge is 0.383 e. The molecule has 1 aromatic heterocycles. The van der Waals surface area contributed by atoms with Gasteiger partial charge in [0.15, 0.2) is 5.69 Å². The molecule has 0 radical (unpaired) electrons. The summed E-state index contributed by atoms with van der Waals surface area (Å²) in [5, 5.41) is 8.47. The summed E-state index contributed by atoms with van der Waals surface area (Å²) in [6, 6.07) is 0. The van der Waals surface area contributed by atoms with Gasteiger partial charge in [-0.05, 0) is 0 Å². The Balaban J connectivity index is 2.72. The van der Waals surface area contributed by atoms with Crippen LogP contribution in [0.15, 0.2) is 0 Å². The number of hydrogen-bond donors (Lipinski definition) is 3. The zero-order chi connectivity index (χ0) is 10.6. The van der Waals surface area contributed by atoms with Crippen molar-refractivity contribution in [1.29, 1.82) is 0 Å². The molecule has 0 spiro atoms. The Morgan fingerprint density at radius 2 is 2.29 bits per heavy atom. The van der Waals surface area contributed by atoms with Gasteiger partial charge >= 0.3 is 0 Å². The average molecular weight is 200 g/mol. The third-order valence-electron chi connectivity index (χ3n) is 1.96. The lowest BCUT2D eigenvalue weighted by Gasteiger charge is -2.21. The number of nitrogens with one attached hydrogen (secondary N) is 3. The molecule has 0 bridgehead atoms. The van der Waals surface area contributed by atoms with Crippen molar-refractivity contribution in [3.05, 3.63) is 5.69 Å². The maximum absolute atomic E-state index is 11.4. The monoisotopic (exact) mass is 200 g/mol. The zero-order valence-corrected chi connectivity index (χ0v) is 8.68. The van der Waals surface area contributed by atoms with Crippen LogP contribution in [0.1, 0.15) is 10.5 Å². The molecule has 1 heterocycles. The number of methoxy groups -OCH3 is 1. The number of ether oxygens (including phenoxy) is 1. The van der Waals surface area contributed by atoms with Crippen molar-refractivity contribution in [3.8, 4) is 0 Å². The average Bonchev–Trinajstić information content (AvgIpc) is 2.16. The van der Waals surface area contributed by atoms with E-state index in [1.807, 2.05) is 0 Å². The summed E-state index contributed by atoms with van der Waals surface area (Å²) in [7, 11) is 5.00. The summed E-state index contributed by atoms with van der Waals surface area (Å²) >= 11 is 0. The molecule has 1 rings (SSSR count). The highest BCUT2D eigenvalue weighted by molar-refractivity contribution is 5.97. The Morgan fingerprint density at radius 3 is 2.79 bits per heavy atom. The molecule has 0 unspecified atom stereocenters. The van der Waals surface area contributed by atoms with Crippen molar-refractivity contribution in [2.75, 3.05) is 33.1 Å². The summed E-state index contributed by atoms with van der Waals surface area (Å²) in [5.41, 5.74) is 0.618. The van der Waals surface area contributed by atoms with Crippen LogP contribution in [-0.4, -0.2) is 43.5 Å². The molecule has 6 nitrogen and oxygen atoms in total. The third kappa shape index (κ3) is 1.90. The van der Waals surface area contributed by atoms with Crippen LogP contribution in [0.5, 0.6) is 0 Å². The molecule has 3 N–H and O–H groups in total. The van der Waals surface area contributed by atoms with E-state index in [0.29, 0.717) is 18.8 Å². The lowest BCUT2D eigenvalue weighted by atomic mass is 10.3. The highest BCUT2D eigenvalue weighted by Crippen LogP contribution is 2.14. The second-order valence-corrected chi connectivity index (χ2v) is 2.81. The molecule has 0 aromatic carbocycles. The van der Waals surface area contributed by atoms with Gasteiger partial charge in [-0.25, -0.2) is 0 Å². The predicted octanol–water partition coefficient (Wildman–Crippen LogP) is -0.136. The summed E-state index contributed by atoms with van der Waals surface area (Å²) in [6.07, 6.45) is 0. The van der Waals surface area contributed by atoms with E-state index in [1.54, 1.807) is 25.9 Å². The van der Waals surface area contributed by atoms with Gasteiger partial charge in [0.2, 0.25) is 0 Å². The standard InChI is InChI=1S/C8H16N4O2/c1-9-7-6(8(13)10-2)12(11-7)4-5-14-3/h9,11H,4-5H2,1-3H3,(H,10,13). The van der Waals surface area contributed by atoms with E-state index in [1.165, 1.54) is 0 Å². The van der Waals surface area contributed by atoms with Crippen LogP contribution in [0.2, 0.25) is 0 Å². The number of hydrogen-bond acceptors (Lipinski definition) is 3. The molecule has 1 aromatic rings. The zero-order valence-electron chi connectivity index (χ0n) is 8.68. The van der Waals surface area contributed by atoms with E-state index in [0.717, 1.165) is 5.82 Å². The molecule has 0 aliphatic heterocycles. The highest BCUT2D eigenvalue weighted by atomic mass is 16.5. The van der Waals surface area contributed by atoms with Gasteiger partial charge in [0.25, 0.3) is 5.91 Å². The van der Waals surface area contributed by atoms with E-state index in [-0.39, 0.29) is 5.91 Å². The second-order valence-electron chi connectivity index (χ2n) is 2.81. The van der Waals surface area contributed by atoms with Gasteiger partial charge in [0, 0.05) is 21.2 Å². The number of H-pyrrole nitrogens is 1. The van der Waals surface area contributed by atoms with Gasteiger partial charge in [-0.3, -0.25) is 14.6 Å². The van der Waals surface area contributed by atoms with Gasteiger partial charge in [-0.2, -0.15) is 0 Å². The Hall–Kier alpha value is -1.43. The maximum Gasteiger partial charge on any atom is 0.273 e. The smallest absolute Gasteiger partial charge is 0.273 e. The first-order valence-electron chi connectivity index (χ1n) is 4.41. The summed E-state index contributed by atoms with van der Waals surface area (Å²) in [6.45, 7) is 1.22. The van der Waals surface area contributed by atoms with Crippen molar-refractivity contribution < 1.29 is 9.53 Å². The van der Waals surface area contributed by atoms with Gasteiger partial charge in [-0.1, -0.05) is 0 Å². The van der Waals surface area contributed by atoms with Crippen LogP contribution in [0.3, 0.4) is 0 Å². The fourth-order valence-electron chi connectivity index (χ4n) is 1.20. The topological polar surface area (TPSA) is 71.1 Å². The lowest BCUT2D eigenvalue weighted by Crippen LogP contribution is -2.31.